The van der Waals surface area contributed by atoms with E-state index in [1.165, 1.54) is 0 Å². The number of fused-ring (bicyclic) bond motifs is 1. The molecule has 0 saturated carbocycles. The first-order valence-electron chi connectivity index (χ1n) is 15.5. The molecule has 0 bridgehead atoms. The van der Waals surface area contributed by atoms with Gasteiger partial charge in [-0.2, -0.15) is 0 Å². The zero-order chi connectivity index (χ0) is 30.7. The number of benzene rings is 2. The molecule has 0 radical (unpaired) electrons. The molecule has 44 heavy (non-hydrogen) atoms. The summed E-state index contributed by atoms with van der Waals surface area (Å²) in [5.74, 6) is 1.80. The highest BCUT2D eigenvalue weighted by Gasteiger charge is 2.34. The maximum atomic E-state index is 12.8. The molecule has 4 heterocycles. The van der Waals surface area contributed by atoms with Crippen molar-refractivity contribution >= 4 is 17.0 Å². The zero-order valence-electron chi connectivity index (χ0n) is 26.0. The van der Waals surface area contributed by atoms with Crippen LogP contribution in [0, 0.1) is 0 Å². The number of unbranched alkanes of at least 4 members (excludes halogenated alkanes) is 1. The van der Waals surface area contributed by atoms with Crippen molar-refractivity contribution in [3.05, 3.63) is 78.8 Å². The Hall–Kier alpha value is -4.50. The number of hydrogen-bond donors (Lipinski definition) is 3. The van der Waals surface area contributed by atoms with Crippen LogP contribution in [0.3, 0.4) is 0 Å². The highest BCUT2D eigenvalue weighted by Crippen LogP contribution is 2.36. The monoisotopic (exact) mass is 591 g/mol. The van der Waals surface area contributed by atoms with Crippen LogP contribution >= 0.6 is 0 Å². The number of likely N-dealkylation sites (tertiary alicyclic amines) is 1. The fraction of sp³-hybridized carbons (Fsp3) is 0.371. The lowest BCUT2D eigenvalue weighted by Crippen LogP contribution is -2.36. The van der Waals surface area contributed by atoms with Gasteiger partial charge in [-0.3, -0.25) is 9.88 Å². The predicted molar refractivity (Wildman–Crippen MR) is 174 cm³/mol. The van der Waals surface area contributed by atoms with Crippen LogP contribution in [-0.2, 0) is 11.2 Å². The van der Waals surface area contributed by atoms with E-state index in [0.717, 1.165) is 94.8 Å². The smallest absolute Gasteiger partial charge is 0.410 e. The summed E-state index contributed by atoms with van der Waals surface area (Å²) >= 11 is 0. The van der Waals surface area contributed by atoms with Crippen molar-refractivity contribution in [3.8, 4) is 33.6 Å². The van der Waals surface area contributed by atoms with Crippen molar-refractivity contribution in [2.24, 2.45) is 0 Å². The second kappa shape index (κ2) is 12.6. The maximum Gasteiger partial charge on any atom is 0.410 e. The van der Waals surface area contributed by atoms with E-state index in [9.17, 15) is 4.79 Å². The highest BCUT2D eigenvalue weighted by molar-refractivity contribution is 6.02. The Bertz CT molecular complexity index is 1730. The fourth-order valence-electron chi connectivity index (χ4n) is 5.93. The predicted octanol–water partition coefficient (Wildman–Crippen LogP) is 7.30. The summed E-state index contributed by atoms with van der Waals surface area (Å²) in [5, 5.41) is 4.29. The lowest BCUT2D eigenvalue weighted by molar-refractivity contribution is 0.0218. The SMILES string of the molecule is CNCCCCc1ncc(-c2ccc(-c3ccc(-c4cnc(C5CCCN5C(=O)OC(C)(C)C)[nH]4)cc3)c3ncccc23)[nH]1. The van der Waals surface area contributed by atoms with E-state index >= 15 is 0 Å². The van der Waals surface area contributed by atoms with E-state index in [-0.39, 0.29) is 12.1 Å². The van der Waals surface area contributed by atoms with Crippen molar-refractivity contribution < 1.29 is 9.53 Å². The lowest BCUT2D eigenvalue weighted by atomic mass is 9.96. The molecule has 9 heteroatoms. The largest absolute Gasteiger partial charge is 0.444 e. The number of H-pyrrole nitrogens is 2. The van der Waals surface area contributed by atoms with Gasteiger partial charge in [0.05, 0.1) is 35.3 Å². The van der Waals surface area contributed by atoms with E-state index in [1.54, 1.807) is 4.90 Å². The first-order chi connectivity index (χ1) is 21.3. The third-order valence-electron chi connectivity index (χ3n) is 8.08. The average molecular weight is 592 g/mol. The number of amides is 1. The van der Waals surface area contributed by atoms with Crippen molar-refractivity contribution in [1.29, 1.82) is 0 Å². The molecule has 5 aromatic rings. The van der Waals surface area contributed by atoms with Crippen molar-refractivity contribution in [2.75, 3.05) is 20.1 Å². The Morgan fingerprint density at radius 3 is 2.52 bits per heavy atom. The molecule has 1 saturated heterocycles. The summed E-state index contributed by atoms with van der Waals surface area (Å²) < 4.78 is 5.64. The molecule has 1 fully saturated rings. The molecule has 1 atom stereocenters. The number of imidazole rings is 2. The maximum absolute atomic E-state index is 12.8. The first-order valence-corrected chi connectivity index (χ1v) is 15.5. The molecule has 1 amide bonds. The number of aryl methyl sites for hydroxylation is 1. The van der Waals surface area contributed by atoms with Crippen molar-refractivity contribution in [3.63, 3.8) is 0 Å². The van der Waals surface area contributed by atoms with Gasteiger partial charge in [0.2, 0.25) is 0 Å². The molecule has 6 rings (SSSR count). The number of rotatable bonds is 9. The van der Waals surface area contributed by atoms with Crippen LogP contribution < -0.4 is 5.32 Å². The Kier molecular flexibility index (Phi) is 8.48. The third kappa shape index (κ3) is 6.38. The second-order valence-corrected chi connectivity index (χ2v) is 12.5. The standard InChI is InChI=1S/C35H41N7O2/c1-35(2,3)44-34(43)42-20-8-10-30(42)33-39-21-28(41-33)24-14-12-23(13-15-24)25-16-17-26(27-9-7-19-37-32(25)27)29-22-38-31(40-29)11-5-6-18-36-4/h7,9,12-17,19,21-22,30,36H,5-6,8,10-11,18,20H2,1-4H3,(H,38,40)(H,39,41). The number of ether oxygens (including phenoxy) is 1. The molecule has 9 nitrogen and oxygen atoms in total. The van der Waals surface area contributed by atoms with E-state index in [2.05, 4.69) is 67.7 Å². The molecule has 2 aromatic carbocycles. The number of aromatic nitrogens is 5. The van der Waals surface area contributed by atoms with Gasteiger partial charge < -0.3 is 20.0 Å². The van der Waals surface area contributed by atoms with Crippen LogP contribution in [0.2, 0.25) is 0 Å². The van der Waals surface area contributed by atoms with Gasteiger partial charge in [-0.15, -0.1) is 0 Å². The van der Waals surface area contributed by atoms with Crippen molar-refractivity contribution in [2.45, 2.75) is 64.5 Å². The summed E-state index contributed by atoms with van der Waals surface area (Å²) in [5.41, 5.74) is 6.64. The summed E-state index contributed by atoms with van der Waals surface area (Å²) in [6, 6.07) is 16.8. The van der Waals surface area contributed by atoms with Crippen LogP contribution in [0.25, 0.3) is 44.5 Å². The molecule has 0 aliphatic carbocycles. The van der Waals surface area contributed by atoms with Gasteiger partial charge in [-0.05, 0) is 77.2 Å². The van der Waals surface area contributed by atoms with Gasteiger partial charge in [0.25, 0.3) is 0 Å². The number of nitrogens with zero attached hydrogens (tertiary/aromatic N) is 4. The lowest BCUT2D eigenvalue weighted by Gasteiger charge is -2.27. The summed E-state index contributed by atoms with van der Waals surface area (Å²) in [6.07, 6.45) is 10.3. The van der Waals surface area contributed by atoms with Crippen LogP contribution in [0.1, 0.15) is 64.1 Å². The minimum Gasteiger partial charge on any atom is -0.444 e. The van der Waals surface area contributed by atoms with Gasteiger partial charge in [0.15, 0.2) is 0 Å². The van der Waals surface area contributed by atoms with Crippen LogP contribution in [0.5, 0.6) is 0 Å². The molecule has 1 aliphatic heterocycles. The summed E-state index contributed by atoms with van der Waals surface area (Å²) in [7, 11) is 1.98. The zero-order valence-corrected chi connectivity index (χ0v) is 26.0. The van der Waals surface area contributed by atoms with Gasteiger partial charge in [-0.1, -0.05) is 42.5 Å². The molecule has 1 unspecified atom stereocenters. The van der Waals surface area contributed by atoms with Gasteiger partial charge in [0.1, 0.15) is 17.2 Å². The molecule has 0 spiro atoms. The molecular weight excluding hydrogens is 550 g/mol. The van der Waals surface area contributed by atoms with Gasteiger partial charge >= 0.3 is 6.09 Å². The number of hydrogen-bond acceptors (Lipinski definition) is 6. The Morgan fingerprint density at radius 2 is 1.73 bits per heavy atom. The van der Waals surface area contributed by atoms with Crippen molar-refractivity contribution in [1.82, 2.24) is 35.1 Å². The highest BCUT2D eigenvalue weighted by atomic mass is 16.6. The molecular formula is C35H41N7O2. The van der Waals surface area contributed by atoms with Crippen LogP contribution in [-0.4, -0.2) is 61.7 Å². The second-order valence-electron chi connectivity index (χ2n) is 12.5. The normalized spacial score (nSPS) is 15.3. The molecule has 228 valence electrons. The van der Waals surface area contributed by atoms with E-state index in [0.29, 0.717) is 6.54 Å². The number of carbonyl (C=O) groups is 1. The Labute approximate surface area is 258 Å². The minimum absolute atomic E-state index is 0.113. The Morgan fingerprint density at radius 1 is 0.955 bits per heavy atom. The number of pyridine rings is 1. The first kappa shape index (κ1) is 29.6. The number of nitrogens with one attached hydrogen (secondary N) is 3. The van der Waals surface area contributed by atoms with Gasteiger partial charge in [0, 0.05) is 35.7 Å². The van der Waals surface area contributed by atoms with E-state index < -0.39 is 5.60 Å². The quantitative estimate of drug-likeness (QED) is 0.155. The molecule has 1 aliphatic rings. The number of aromatic amines is 2. The third-order valence-corrected chi connectivity index (χ3v) is 8.08. The fourth-order valence-corrected chi connectivity index (χ4v) is 5.93. The summed E-state index contributed by atoms with van der Waals surface area (Å²) in [6.45, 7) is 7.36. The molecule has 3 N–H and O–H groups in total. The Balaban J connectivity index is 1.21. The molecule has 3 aromatic heterocycles. The minimum atomic E-state index is -0.532. The van der Waals surface area contributed by atoms with Gasteiger partial charge in [-0.25, -0.2) is 14.8 Å². The van der Waals surface area contributed by atoms with E-state index in [1.807, 2.05) is 52.5 Å². The number of carbonyl (C=O) groups excluding carboxylic acids is 1. The van der Waals surface area contributed by atoms with E-state index in [4.69, 9.17) is 9.72 Å². The summed E-state index contributed by atoms with van der Waals surface area (Å²) in [4.78, 5) is 35.7. The topological polar surface area (TPSA) is 112 Å². The average Bonchev–Trinajstić information content (AvgIpc) is 3.79. The van der Waals surface area contributed by atoms with Crippen LogP contribution in [0.4, 0.5) is 4.79 Å². The van der Waals surface area contributed by atoms with Crippen LogP contribution in [0.15, 0.2) is 67.1 Å².